The van der Waals surface area contributed by atoms with Crippen LogP contribution in [0.15, 0.2) is 52.3 Å². The van der Waals surface area contributed by atoms with E-state index in [1.54, 1.807) is 0 Å². The number of hydrogen-bond donors (Lipinski definition) is 0. The molecule has 0 N–H and O–H groups in total. The van der Waals surface area contributed by atoms with Crippen LogP contribution < -0.4 is 0 Å². The monoisotopic (exact) mass is 232 g/mol. The maximum absolute atomic E-state index is 12.3. The zero-order chi connectivity index (χ0) is 11.5. The number of aryl methyl sites for hydroxylation is 1. The molecule has 0 fully saturated rings. The van der Waals surface area contributed by atoms with Crippen LogP contribution in [0, 0.1) is 12.8 Å². The highest BCUT2D eigenvalue weighted by Gasteiger charge is 2.14. The Balaban J connectivity index is 2.26. The summed E-state index contributed by atoms with van der Waals surface area (Å²) in [5, 5.41) is 0. The third kappa shape index (κ3) is 2.50. The lowest BCUT2D eigenvalue weighted by Gasteiger charge is -2.14. The smallest absolute Gasteiger partial charge is 0.0808 e. The van der Waals surface area contributed by atoms with E-state index in [0.717, 1.165) is 21.8 Å². The van der Waals surface area contributed by atoms with Crippen LogP contribution >= 0.6 is 0 Å². The maximum atomic E-state index is 12.3. The fraction of sp³-hybridized carbons (Fsp3) is 0.286. The molecule has 1 nitrogen and oxygen atoms in total. The van der Waals surface area contributed by atoms with Gasteiger partial charge in [0, 0.05) is 9.80 Å². The Morgan fingerprint density at radius 1 is 1.38 bits per heavy atom. The van der Waals surface area contributed by atoms with Crippen molar-refractivity contribution in [3.05, 3.63) is 53.0 Å². The minimum absolute atomic E-state index is 0.494. The molecule has 1 aromatic carbocycles. The van der Waals surface area contributed by atoms with E-state index < -0.39 is 10.8 Å². The molecule has 2 rings (SSSR count). The fourth-order valence-electron chi connectivity index (χ4n) is 1.83. The minimum Gasteiger partial charge on any atom is -0.249 e. The Morgan fingerprint density at radius 2 is 2.19 bits per heavy atom. The van der Waals surface area contributed by atoms with E-state index in [4.69, 9.17) is 0 Å². The van der Waals surface area contributed by atoms with Crippen molar-refractivity contribution in [2.45, 2.75) is 25.2 Å². The van der Waals surface area contributed by atoms with E-state index in [2.05, 4.69) is 13.0 Å². The standard InChI is InChI=1S/C14H16OS/c1-11-5-3-7-13(9-11)16(15)14-8-4-6-12(2)10-14/h3-9,12H,10H2,1-2H3. The SMILES string of the molecule is Cc1cccc(S(=O)C2=CC=CC(C)C2)c1. The summed E-state index contributed by atoms with van der Waals surface area (Å²) in [5.74, 6) is 0.494. The second-order valence-electron chi connectivity index (χ2n) is 4.28. The van der Waals surface area contributed by atoms with Crippen LogP contribution in [0.3, 0.4) is 0 Å². The summed E-state index contributed by atoms with van der Waals surface area (Å²) in [5.41, 5.74) is 1.16. The van der Waals surface area contributed by atoms with Crippen LogP contribution in [-0.4, -0.2) is 4.21 Å². The van der Waals surface area contributed by atoms with Gasteiger partial charge in [0.05, 0.1) is 10.8 Å². The molecule has 2 unspecified atom stereocenters. The molecule has 1 aliphatic carbocycles. The van der Waals surface area contributed by atoms with E-state index in [1.165, 1.54) is 0 Å². The summed E-state index contributed by atoms with van der Waals surface area (Å²) >= 11 is 0. The van der Waals surface area contributed by atoms with Crippen molar-refractivity contribution in [1.29, 1.82) is 0 Å². The highest BCUT2D eigenvalue weighted by Crippen LogP contribution is 2.25. The van der Waals surface area contributed by atoms with Crippen molar-refractivity contribution < 1.29 is 4.21 Å². The van der Waals surface area contributed by atoms with Crippen LogP contribution in [0.5, 0.6) is 0 Å². The molecule has 0 saturated heterocycles. The van der Waals surface area contributed by atoms with Crippen LogP contribution in [0.1, 0.15) is 18.9 Å². The second-order valence-corrected chi connectivity index (χ2v) is 5.82. The molecule has 84 valence electrons. The lowest BCUT2D eigenvalue weighted by Crippen LogP contribution is -2.03. The summed E-state index contributed by atoms with van der Waals surface area (Å²) in [6.45, 7) is 4.18. The van der Waals surface area contributed by atoms with Gasteiger partial charge in [-0.25, -0.2) is 4.21 Å². The number of rotatable bonds is 2. The largest absolute Gasteiger partial charge is 0.249 e. The molecular formula is C14H16OS. The number of hydrogen-bond acceptors (Lipinski definition) is 1. The van der Waals surface area contributed by atoms with Crippen molar-refractivity contribution in [2.75, 3.05) is 0 Å². The van der Waals surface area contributed by atoms with Gasteiger partial charge in [-0.05, 0) is 37.0 Å². The summed E-state index contributed by atoms with van der Waals surface area (Å²) in [6, 6.07) is 7.93. The predicted molar refractivity (Wildman–Crippen MR) is 68.6 cm³/mol. The molecule has 0 spiro atoms. The van der Waals surface area contributed by atoms with Crippen LogP contribution in [0.25, 0.3) is 0 Å². The minimum atomic E-state index is -0.991. The van der Waals surface area contributed by atoms with Gasteiger partial charge < -0.3 is 0 Å². The molecule has 0 aliphatic heterocycles. The van der Waals surface area contributed by atoms with E-state index >= 15 is 0 Å². The molecule has 1 aromatic rings. The molecule has 0 radical (unpaired) electrons. The lowest BCUT2D eigenvalue weighted by molar-refractivity contribution is 0.676. The normalized spacial score (nSPS) is 21.6. The summed E-state index contributed by atoms with van der Waals surface area (Å²) in [6.07, 6.45) is 7.05. The summed E-state index contributed by atoms with van der Waals surface area (Å²) in [7, 11) is -0.991. The second kappa shape index (κ2) is 4.79. The first-order valence-corrected chi connectivity index (χ1v) is 6.67. The Kier molecular flexibility index (Phi) is 3.39. The van der Waals surface area contributed by atoms with E-state index in [0.29, 0.717) is 5.92 Å². The first-order valence-electron chi connectivity index (χ1n) is 5.52. The summed E-state index contributed by atoms with van der Waals surface area (Å²) < 4.78 is 12.3. The molecule has 0 amide bonds. The lowest BCUT2D eigenvalue weighted by atomic mass is 10.0. The van der Waals surface area contributed by atoms with Crippen molar-refractivity contribution in [2.24, 2.45) is 5.92 Å². The Morgan fingerprint density at radius 3 is 2.88 bits per heavy atom. The predicted octanol–water partition coefficient (Wildman–Crippen LogP) is 3.58. The van der Waals surface area contributed by atoms with Gasteiger partial charge in [-0.3, -0.25) is 0 Å². The van der Waals surface area contributed by atoms with Crippen LogP contribution in [0.4, 0.5) is 0 Å². The Hall–Kier alpha value is -1.15. The molecule has 0 bridgehead atoms. The first kappa shape index (κ1) is 11.3. The highest BCUT2D eigenvalue weighted by molar-refractivity contribution is 7.89. The molecule has 1 aliphatic rings. The van der Waals surface area contributed by atoms with Gasteiger partial charge in [0.25, 0.3) is 0 Å². The van der Waals surface area contributed by atoms with Gasteiger partial charge in [0.1, 0.15) is 0 Å². The van der Waals surface area contributed by atoms with Crippen molar-refractivity contribution in [3.63, 3.8) is 0 Å². The Bertz CT molecular complexity index is 471. The molecule has 16 heavy (non-hydrogen) atoms. The van der Waals surface area contributed by atoms with E-state index in [1.807, 2.05) is 43.3 Å². The maximum Gasteiger partial charge on any atom is 0.0808 e. The molecule has 0 heterocycles. The van der Waals surface area contributed by atoms with E-state index in [9.17, 15) is 4.21 Å². The third-order valence-corrected chi connectivity index (χ3v) is 4.15. The van der Waals surface area contributed by atoms with E-state index in [-0.39, 0.29) is 0 Å². The van der Waals surface area contributed by atoms with Crippen molar-refractivity contribution in [1.82, 2.24) is 0 Å². The molecule has 0 saturated carbocycles. The van der Waals surface area contributed by atoms with Crippen molar-refractivity contribution >= 4 is 10.8 Å². The fourth-order valence-corrected chi connectivity index (χ4v) is 3.24. The van der Waals surface area contributed by atoms with Gasteiger partial charge >= 0.3 is 0 Å². The van der Waals surface area contributed by atoms with Gasteiger partial charge in [0.15, 0.2) is 0 Å². The van der Waals surface area contributed by atoms with Gasteiger partial charge in [-0.1, -0.05) is 37.3 Å². The number of benzene rings is 1. The van der Waals surface area contributed by atoms with Crippen LogP contribution in [-0.2, 0) is 10.8 Å². The van der Waals surface area contributed by atoms with Gasteiger partial charge in [-0.2, -0.15) is 0 Å². The quantitative estimate of drug-likeness (QED) is 0.761. The summed E-state index contributed by atoms with van der Waals surface area (Å²) in [4.78, 5) is 1.94. The zero-order valence-corrected chi connectivity index (χ0v) is 10.5. The average molecular weight is 232 g/mol. The van der Waals surface area contributed by atoms with Crippen LogP contribution in [0.2, 0.25) is 0 Å². The Labute approximate surface area is 99.3 Å². The first-order chi connectivity index (χ1) is 7.66. The average Bonchev–Trinajstić information content (AvgIpc) is 2.28. The molecular weight excluding hydrogens is 216 g/mol. The number of allylic oxidation sites excluding steroid dienone is 4. The molecule has 0 aromatic heterocycles. The molecule has 2 atom stereocenters. The topological polar surface area (TPSA) is 17.1 Å². The van der Waals surface area contributed by atoms with Gasteiger partial charge in [-0.15, -0.1) is 0 Å². The molecule has 2 heteroatoms. The van der Waals surface area contributed by atoms with Crippen molar-refractivity contribution in [3.8, 4) is 0 Å². The third-order valence-electron chi connectivity index (χ3n) is 2.69. The highest BCUT2D eigenvalue weighted by atomic mass is 32.2. The van der Waals surface area contributed by atoms with Gasteiger partial charge in [0.2, 0.25) is 0 Å². The zero-order valence-electron chi connectivity index (χ0n) is 9.64.